The second kappa shape index (κ2) is 16.6. The molecule has 4 aromatic rings. The van der Waals surface area contributed by atoms with Gasteiger partial charge in [-0.1, -0.05) is 132 Å². The summed E-state index contributed by atoms with van der Waals surface area (Å²) >= 11 is 0. The maximum absolute atomic E-state index is 6.83. The minimum absolute atomic E-state index is 0.435. The van der Waals surface area contributed by atoms with Crippen molar-refractivity contribution in [1.82, 2.24) is 0 Å². The molecule has 0 unspecified atom stereocenters. The summed E-state index contributed by atoms with van der Waals surface area (Å²) in [7, 11) is -0.870. The molecule has 0 N–H and O–H groups in total. The largest absolute Gasteiger partial charge is 0.457 e. The minimum atomic E-state index is -0.435. The van der Waals surface area contributed by atoms with Gasteiger partial charge in [0.1, 0.15) is 23.0 Å². The van der Waals surface area contributed by atoms with Crippen LogP contribution in [0.1, 0.15) is 55.4 Å². The Morgan fingerprint density at radius 1 is 0.409 bits per heavy atom. The fraction of sp³-hybridized carbons (Fsp3) is 0.400. The number of benzene rings is 4. The van der Waals surface area contributed by atoms with E-state index in [1.165, 1.54) is 46.4 Å². The lowest BCUT2D eigenvalue weighted by molar-refractivity contribution is 0.478. The fourth-order valence-corrected chi connectivity index (χ4v) is 12.1. The van der Waals surface area contributed by atoms with Gasteiger partial charge in [0.25, 0.3) is 0 Å². The van der Waals surface area contributed by atoms with Crippen LogP contribution in [0.15, 0.2) is 97.1 Å². The summed E-state index contributed by atoms with van der Waals surface area (Å²) in [4.78, 5) is 0. The van der Waals surface area contributed by atoms with Gasteiger partial charge in [0.2, 0.25) is 0 Å². The van der Waals surface area contributed by atoms with E-state index in [1.807, 2.05) is 36.4 Å². The van der Waals surface area contributed by atoms with Crippen LogP contribution in [0.3, 0.4) is 0 Å². The zero-order valence-corrected chi connectivity index (χ0v) is 29.9. The van der Waals surface area contributed by atoms with Crippen LogP contribution in [0.25, 0.3) is 11.1 Å². The molecule has 4 heteroatoms. The molecule has 0 atom stereocenters. The van der Waals surface area contributed by atoms with Crippen molar-refractivity contribution in [2.75, 3.05) is 24.6 Å². The van der Waals surface area contributed by atoms with E-state index in [-0.39, 0.29) is 0 Å². The van der Waals surface area contributed by atoms with Gasteiger partial charge in [0, 0.05) is 11.1 Å². The summed E-state index contributed by atoms with van der Waals surface area (Å²) in [6.45, 7) is 18.9. The highest BCUT2D eigenvalue weighted by Crippen LogP contribution is 2.51. The highest BCUT2D eigenvalue weighted by molar-refractivity contribution is 7.66. The average molecular weight is 627 g/mol. The van der Waals surface area contributed by atoms with Gasteiger partial charge in [-0.05, 0) is 95.3 Å². The molecule has 44 heavy (non-hydrogen) atoms. The normalized spacial score (nSPS) is 11.9. The van der Waals surface area contributed by atoms with E-state index in [0.29, 0.717) is 23.7 Å². The second-order valence-corrected chi connectivity index (χ2v) is 18.1. The lowest BCUT2D eigenvalue weighted by Crippen LogP contribution is -2.20. The van der Waals surface area contributed by atoms with E-state index < -0.39 is 15.8 Å². The van der Waals surface area contributed by atoms with E-state index in [9.17, 15) is 0 Å². The van der Waals surface area contributed by atoms with Crippen LogP contribution >= 0.6 is 15.8 Å². The molecule has 0 aliphatic carbocycles. The van der Waals surface area contributed by atoms with E-state index in [2.05, 4.69) is 116 Å². The molecule has 0 heterocycles. The maximum Gasteiger partial charge on any atom is 0.136 e. The number of hydrogen-bond acceptors (Lipinski definition) is 2. The van der Waals surface area contributed by atoms with E-state index in [4.69, 9.17) is 9.47 Å². The lowest BCUT2D eigenvalue weighted by Gasteiger charge is -2.30. The molecule has 4 rings (SSSR count). The van der Waals surface area contributed by atoms with Crippen molar-refractivity contribution in [1.29, 1.82) is 0 Å². The minimum Gasteiger partial charge on any atom is -0.457 e. The van der Waals surface area contributed by atoms with E-state index in [0.717, 1.165) is 23.0 Å². The first-order valence-electron chi connectivity index (χ1n) is 16.3. The second-order valence-electron chi connectivity index (χ2n) is 13.5. The first-order chi connectivity index (χ1) is 21.1. The summed E-state index contributed by atoms with van der Waals surface area (Å²) in [6.07, 6.45) is 4.77. The van der Waals surface area contributed by atoms with Crippen molar-refractivity contribution in [2.24, 2.45) is 23.7 Å². The van der Waals surface area contributed by atoms with Crippen LogP contribution in [-0.4, -0.2) is 24.6 Å². The molecular weight excluding hydrogens is 574 g/mol. The van der Waals surface area contributed by atoms with Gasteiger partial charge in [-0.3, -0.25) is 0 Å². The molecule has 4 aromatic carbocycles. The Labute approximate surface area is 270 Å². The first kappa shape index (κ1) is 34.2. The molecule has 0 radical (unpaired) electrons. The quantitative estimate of drug-likeness (QED) is 0.122. The van der Waals surface area contributed by atoms with Gasteiger partial charge in [0.05, 0.1) is 0 Å². The first-order valence-corrected chi connectivity index (χ1v) is 19.8. The van der Waals surface area contributed by atoms with Crippen molar-refractivity contribution in [2.45, 2.75) is 55.4 Å². The standard InChI is InChI=1S/C40H52O2P2/c1-29(2)25-43(26-30(3)4)37-23-15-21-35(41-33-17-11-9-12-18-33)39(37)40-36(42-34-19-13-10-14-20-34)22-16-24-38(40)44(27-31(5)6)28-32(7)8/h9-24,29-32H,25-28H2,1-8H3. The summed E-state index contributed by atoms with van der Waals surface area (Å²) in [5.41, 5.74) is 2.45. The van der Waals surface area contributed by atoms with Crippen LogP contribution in [0.2, 0.25) is 0 Å². The van der Waals surface area contributed by atoms with Gasteiger partial charge < -0.3 is 9.47 Å². The Hall–Kier alpha value is -2.66. The highest BCUT2D eigenvalue weighted by atomic mass is 31.1. The lowest BCUT2D eigenvalue weighted by atomic mass is 10.0. The predicted octanol–water partition coefficient (Wildman–Crippen LogP) is 11.8. The fourth-order valence-electron chi connectivity index (χ4n) is 5.78. The van der Waals surface area contributed by atoms with Crippen LogP contribution in [0.5, 0.6) is 23.0 Å². The molecule has 0 spiro atoms. The van der Waals surface area contributed by atoms with Crippen molar-refractivity contribution in [3.8, 4) is 34.1 Å². The molecule has 0 aromatic heterocycles. The third-order valence-electron chi connectivity index (χ3n) is 7.22. The third-order valence-corrected chi connectivity index (χ3v) is 14.0. The van der Waals surface area contributed by atoms with E-state index >= 15 is 0 Å². The molecule has 234 valence electrons. The zero-order chi connectivity index (χ0) is 31.6. The molecule has 2 nitrogen and oxygen atoms in total. The van der Waals surface area contributed by atoms with Crippen LogP contribution < -0.4 is 20.1 Å². The van der Waals surface area contributed by atoms with Gasteiger partial charge in [-0.2, -0.15) is 0 Å². The number of para-hydroxylation sites is 2. The highest BCUT2D eigenvalue weighted by Gasteiger charge is 2.29. The van der Waals surface area contributed by atoms with Crippen molar-refractivity contribution in [3.05, 3.63) is 97.1 Å². The third kappa shape index (κ3) is 9.67. The van der Waals surface area contributed by atoms with Gasteiger partial charge in [-0.25, -0.2) is 0 Å². The van der Waals surface area contributed by atoms with Crippen molar-refractivity contribution in [3.63, 3.8) is 0 Å². The Balaban J connectivity index is 2.06. The summed E-state index contributed by atoms with van der Waals surface area (Å²) in [6, 6.07) is 34.0. The van der Waals surface area contributed by atoms with E-state index in [1.54, 1.807) is 0 Å². The number of hydrogen-bond donors (Lipinski definition) is 0. The van der Waals surface area contributed by atoms with Gasteiger partial charge in [0.15, 0.2) is 0 Å². The average Bonchev–Trinajstić information content (AvgIpc) is 2.97. The predicted molar refractivity (Wildman–Crippen MR) is 197 cm³/mol. The molecule has 0 aliphatic heterocycles. The van der Waals surface area contributed by atoms with Crippen LogP contribution in [-0.2, 0) is 0 Å². The maximum atomic E-state index is 6.83. The van der Waals surface area contributed by atoms with Gasteiger partial charge in [-0.15, -0.1) is 0 Å². The summed E-state index contributed by atoms with van der Waals surface area (Å²) in [5.74, 6) is 6.00. The molecule has 0 fully saturated rings. The SMILES string of the molecule is CC(C)CP(CC(C)C)c1cccc(Oc2ccccc2)c1-c1c(Oc2ccccc2)cccc1P(CC(C)C)CC(C)C. The number of rotatable bonds is 15. The Morgan fingerprint density at radius 2 is 0.727 bits per heavy atom. The monoisotopic (exact) mass is 626 g/mol. The molecule has 0 saturated heterocycles. The Morgan fingerprint density at radius 3 is 1.02 bits per heavy atom. The molecule has 0 aliphatic rings. The van der Waals surface area contributed by atoms with Gasteiger partial charge >= 0.3 is 0 Å². The molecule has 0 bridgehead atoms. The smallest absolute Gasteiger partial charge is 0.136 e. The van der Waals surface area contributed by atoms with Crippen LogP contribution in [0, 0.1) is 23.7 Å². The molecule has 0 amide bonds. The Bertz CT molecular complexity index is 1300. The molecular formula is C40H52O2P2. The van der Waals surface area contributed by atoms with Crippen molar-refractivity contribution >= 4 is 26.5 Å². The number of ether oxygens (including phenoxy) is 2. The van der Waals surface area contributed by atoms with Crippen molar-refractivity contribution < 1.29 is 9.47 Å². The summed E-state index contributed by atoms with van der Waals surface area (Å²) < 4.78 is 13.7. The topological polar surface area (TPSA) is 18.5 Å². The zero-order valence-electron chi connectivity index (χ0n) is 28.1. The van der Waals surface area contributed by atoms with Crippen LogP contribution in [0.4, 0.5) is 0 Å². The molecule has 0 saturated carbocycles. The Kier molecular flexibility index (Phi) is 12.9. The summed E-state index contributed by atoms with van der Waals surface area (Å²) in [5, 5.41) is 2.87.